The van der Waals surface area contributed by atoms with Crippen LogP contribution >= 0.6 is 0 Å². The number of rotatable bonds is 0. The van der Waals surface area contributed by atoms with Gasteiger partial charge >= 0.3 is 0 Å². The maximum Gasteiger partial charge on any atom is 0.269 e. The first-order chi connectivity index (χ1) is 8.16. The highest BCUT2D eigenvalue weighted by molar-refractivity contribution is 5.85. The molecule has 0 spiro atoms. The minimum atomic E-state index is -0.244. The van der Waals surface area contributed by atoms with E-state index < -0.39 is 0 Å². The average molecular weight is 226 g/mol. The number of benzene rings is 1. The van der Waals surface area contributed by atoms with E-state index in [4.69, 9.17) is 0 Å². The Balaban J connectivity index is 2.63. The summed E-state index contributed by atoms with van der Waals surface area (Å²) < 4.78 is 1.46. The highest BCUT2D eigenvalue weighted by Crippen LogP contribution is 2.19. The lowest BCUT2D eigenvalue weighted by Gasteiger charge is -2.05. The summed E-state index contributed by atoms with van der Waals surface area (Å²) in [5.41, 5.74) is 1.82. The van der Waals surface area contributed by atoms with Gasteiger partial charge in [0.25, 0.3) is 5.56 Å². The van der Waals surface area contributed by atoms with Gasteiger partial charge in [0.05, 0.1) is 5.52 Å². The van der Waals surface area contributed by atoms with Gasteiger partial charge in [-0.25, -0.2) is 4.98 Å². The van der Waals surface area contributed by atoms with E-state index in [0.717, 1.165) is 5.56 Å². The minimum Gasteiger partial charge on any atom is -0.507 e. The van der Waals surface area contributed by atoms with E-state index in [9.17, 15) is 9.90 Å². The lowest BCUT2D eigenvalue weighted by Crippen LogP contribution is -2.15. The summed E-state index contributed by atoms with van der Waals surface area (Å²) >= 11 is 0. The molecule has 2 heterocycles. The van der Waals surface area contributed by atoms with Crippen LogP contribution in [0.25, 0.3) is 16.6 Å². The van der Waals surface area contributed by atoms with Gasteiger partial charge in [-0.1, -0.05) is 12.1 Å². The number of hydrogen-bond donors (Lipinski definition) is 1. The summed E-state index contributed by atoms with van der Waals surface area (Å²) in [6.07, 6.45) is 1.72. The van der Waals surface area contributed by atoms with E-state index in [1.54, 1.807) is 24.4 Å². The van der Waals surface area contributed by atoms with E-state index in [0.29, 0.717) is 11.2 Å². The second-order valence-corrected chi connectivity index (χ2v) is 4.02. The summed E-state index contributed by atoms with van der Waals surface area (Å²) in [6.45, 7) is 1.90. The third-order valence-electron chi connectivity index (χ3n) is 2.76. The first-order valence-electron chi connectivity index (χ1n) is 5.27. The molecule has 2 aromatic heterocycles. The first-order valence-corrected chi connectivity index (χ1v) is 5.27. The smallest absolute Gasteiger partial charge is 0.269 e. The third kappa shape index (κ3) is 1.38. The highest BCUT2D eigenvalue weighted by Gasteiger charge is 2.08. The largest absolute Gasteiger partial charge is 0.507 e. The number of aryl methyl sites for hydroxylation is 1. The van der Waals surface area contributed by atoms with Crippen molar-refractivity contribution < 1.29 is 5.11 Å². The Bertz CT molecular complexity index is 790. The third-order valence-corrected chi connectivity index (χ3v) is 2.76. The Morgan fingerprint density at radius 2 is 2.06 bits per heavy atom. The van der Waals surface area contributed by atoms with Gasteiger partial charge in [0.2, 0.25) is 0 Å². The first kappa shape index (κ1) is 9.84. The zero-order chi connectivity index (χ0) is 12.0. The molecule has 0 aliphatic heterocycles. The van der Waals surface area contributed by atoms with Crippen molar-refractivity contribution >= 4 is 16.6 Å². The Hall–Kier alpha value is -2.36. The second kappa shape index (κ2) is 3.31. The summed E-state index contributed by atoms with van der Waals surface area (Å²) in [5, 5.41) is 9.99. The molecule has 3 aromatic rings. The van der Waals surface area contributed by atoms with Gasteiger partial charge in [0.15, 0.2) is 0 Å². The lowest BCUT2D eigenvalue weighted by molar-refractivity contribution is 0.481. The van der Waals surface area contributed by atoms with Crippen molar-refractivity contribution in [2.24, 2.45) is 0 Å². The standard InChI is InChI=1S/C13H10N2O2/c1-8-5-6-11-14-9-3-2-4-10(16)12(9)13(17)15(11)7-8/h2-7,16H,1H3. The van der Waals surface area contributed by atoms with E-state index in [1.807, 2.05) is 13.0 Å². The van der Waals surface area contributed by atoms with Crippen molar-refractivity contribution in [3.63, 3.8) is 0 Å². The Morgan fingerprint density at radius 1 is 1.24 bits per heavy atom. The van der Waals surface area contributed by atoms with Crippen LogP contribution in [0.3, 0.4) is 0 Å². The van der Waals surface area contributed by atoms with Gasteiger partial charge < -0.3 is 5.11 Å². The number of aromatic nitrogens is 2. The molecule has 0 amide bonds. The lowest BCUT2D eigenvalue weighted by atomic mass is 10.2. The maximum atomic E-state index is 12.2. The number of phenolic OH excluding ortho intramolecular Hbond substituents is 1. The van der Waals surface area contributed by atoms with Gasteiger partial charge in [-0.3, -0.25) is 9.20 Å². The average Bonchev–Trinajstić information content (AvgIpc) is 2.30. The van der Waals surface area contributed by atoms with Gasteiger partial charge in [0, 0.05) is 6.20 Å². The topological polar surface area (TPSA) is 54.6 Å². The van der Waals surface area contributed by atoms with Crippen LogP contribution in [0.5, 0.6) is 5.75 Å². The van der Waals surface area contributed by atoms with E-state index in [-0.39, 0.29) is 16.7 Å². The summed E-state index contributed by atoms with van der Waals surface area (Å²) in [5.74, 6) is -0.0316. The quantitative estimate of drug-likeness (QED) is 0.595. The van der Waals surface area contributed by atoms with Crippen molar-refractivity contribution in [2.45, 2.75) is 6.92 Å². The zero-order valence-corrected chi connectivity index (χ0v) is 9.21. The monoisotopic (exact) mass is 226 g/mol. The molecule has 4 heteroatoms. The van der Waals surface area contributed by atoms with Crippen molar-refractivity contribution in [3.05, 3.63) is 52.4 Å². The summed E-state index contributed by atoms with van der Waals surface area (Å²) in [6, 6.07) is 8.58. The molecule has 84 valence electrons. The van der Waals surface area contributed by atoms with Crippen molar-refractivity contribution in [1.29, 1.82) is 0 Å². The molecule has 17 heavy (non-hydrogen) atoms. The normalized spacial score (nSPS) is 11.1. The predicted octanol–water partition coefficient (Wildman–Crippen LogP) is 1.86. The summed E-state index contributed by atoms with van der Waals surface area (Å²) in [7, 11) is 0. The molecule has 0 radical (unpaired) electrons. The molecule has 3 rings (SSSR count). The van der Waals surface area contributed by atoms with Crippen LogP contribution in [0.2, 0.25) is 0 Å². The molecule has 0 unspecified atom stereocenters. The molecule has 0 saturated carbocycles. The zero-order valence-electron chi connectivity index (χ0n) is 9.21. The van der Waals surface area contributed by atoms with Crippen LogP contribution in [0.4, 0.5) is 0 Å². The molecule has 0 bridgehead atoms. The predicted molar refractivity (Wildman–Crippen MR) is 65.4 cm³/mol. The molecular weight excluding hydrogens is 216 g/mol. The number of nitrogens with zero attached hydrogens (tertiary/aromatic N) is 2. The van der Waals surface area contributed by atoms with Gasteiger partial charge in [0.1, 0.15) is 16.8 Å². The molecule has 0 atom stereocenters. The van der Waals surface area contributed by atoms with E-state index in [2.05, 4.69) is 4.98 Å². The number of aromatic hydroxyl groups is 1. The van der Waals surface area contributed by atoms with Crippen LogP contribution in [-0.2, 0) is 0 Å². The van der Waals surface area contributed by atoms with Gasteiger partial charge in [-0.15, -0.1) is 0 Å². The molecule has 1 aromatic carbocycles. The van der Waals surface area contributed by atoms with E-state index in [1.165, 1.54) is 10.5 Å². The van der Waals surface area contributed by atoms with Crippen LogP contribution < -0.4 is 5.56 Å². The van der Waals surface area contributed by atoms with Crippen LogP contribution in [0.1, 0.15) is 5.56 Å². The SMILES string of the molecule is Cc1ccc2nc3cccc(O)c3c(=O)n2c1. The molecule has 0 aliphatic carbocycles. The number of hydrogen-bond acceptors (Lipinski definition) is 3. The van der Waals surface area contributed by atoms with Crippen LogP contribution in [0.15, 0.2) is 41.3 Å². The van der Waals surface area contributed by atoms with Crippen molar-refractivity contribution in [1.82, 2.24) is 9.38 Å². The Kier molecular flexibility index (Phi) is 1.92. The van der Waals surface area contributed by atoms with Crippen molar-refractivity contribution in [2.75, 3.05) is 0 Å². The fourth-order valence-electron chi connectivity index (χ4n) is 1.94. The molecule has 1 N–H and O–H groups in total. The van der Waals surface area contributed by atoms with E-state index >= 15 is 0 Å². The van der Waals surface area contributed by atoms with Crippen LogP contribution in [0, 0.1) is 6.92 Å². The molecular formula is C13H10N2O2. The fraction of sp³-hybridized carbons (Fsp3) is 0.0769. The Morgan fingerprint density at radius 3 is 2.88 bits per heavy atom. The van der Waals surface area contributed by atoms with Gasteiger partial charge in [-0.05, 0) is 30.7 Å². The maximum absolute atomic E-state index is 12.2. The molecule has 0 saturated heterocycles. The number of pyridine rings is 1. The number of phenols is 1. The molecule has 0 fully saturated rings. The number of fused-ring (bicyclic) bond motifs is 2. The Labute approximate surface area is 96.8 Å². The van der Waals surface area contributed by atoms with Crippen molar-refractivity contribution in [3.8, 4) is 5.75 Å². The van der Waals surface area contributed by atoms with Gasteiger partial charge in [-0.2, -0.15) is 0 Å². The second-order valence-electron chi connectivity index (χ2n) is 4.02. The minimum absolute atomic E-state index is 0.0316. The highest BCUT2D eigenvalue weighted by atomic mass is 16.3. The van der Waals surface area contributed by atoms with Crippen LogP contribution in [-0.4, -0.2) is 14.5 Å². The fourth-order valence-corrected chi connectivity index (χ4v) is 1.94. The molecule has 4 nitrogen and oxygen atoms in total. The molecule has 0 aliphatic rings. The summed E-state index contributed by atoms with van der Waals surface area (Å²) in [4.78, 5) is 16.6.